The summed E-state index contributed by atoms with van der Waals surface area (Å²) in [6, 6.07) is 18.8. The Kier molecular flexibility index (Phi) is 7.74. The molecule has 0 saturated carbocycles. The molecule has 1 aliphatic rings. The van der Waals surface area contributed by atoms with Gasteiger partial charge in [-0.2, -0.15) is 0 Å². The number of methoxy groups -OCH3 is 1. The summed E-state index contributed by atoms with van der Waals surface area (Å²) in [6.45, 7) is 2.32. The number of para-hydroxylation sites is 1. The van der Waals surface area contributed by atoms with Crippen molar-refractivity contribution in [3.63, 3.8) is 0 Å². The quantitative estimate of drug-likeness (QED) is 0.242. The van der Waals surface area contributed by atoms with Gasteiger partial charge in [0.15, 0.2) is 0 Å². The molecule has 1 aliphatic heterocycles. The Labute approximate surface area is 221 Å². The smallest absolute Gasteiger partial charge is 0.295 e. The summed E-state index contributed by atoms with van der Waals surface area (Å²) in [4.78, 5) is 30.2. The van der Waals surface area contributed by atoms with Gasteiger partial charge < -0.3 is 24.4 Å². The van der Waals surface area contributed by atoms with Crippen molar-refractivity contribution < 1.29 is 24.2 Å². The van der Waals surface area contributed by atoms with Crippen molar-refractivity contribution in [1.82, 2.24) is 4.90 Å². The number of rotatable bonds is 8. The minimum atomic E-state index is -0.813. The van der Waals surface area contributed by atoms with E-state index in [1.807, 2.05) is 68.4 Å². The van der Waals surface area contributed by atoms with E-state index in [0.29, 0.717) is 34.3 Å². The van der Waals surface area contributed by atoms with Crippen LogP contribution in [0.15, 0.2) is 72.3 Å². The summed E-state index contributed by atoms with van der Waals surface area (Å²) in [5.41, 5.74) is 2.73. The Morgan fingerprint density at radius 3 is 2.38 bits per heavy atom. The van der Waals surface area contributed by atoms with Gasteiger partial charge in [-0.1, -0.05) is 41.9 Å². The van der Waals surface area contributed by atoms with Gasteiger partial charge in [-0.05, 0) is 48.9 Å². The van der Waals surface area contributed by atoms with Gasteiger partial charge in [-0.3, -0.25) is 9.59 Å². The van der Waals surface area contributed by atoms with Gasteiger partial charge >= 0.3 is 0 Å². The lowest BCUT2D eigenvalue weighted by Crippen LogP contribution is -2.29. The fraction of sp³-hybridized carbons (Fsp3) is 0.241. The fourth-order valence-electron chi connectivity index (χ4n) is 4.43. The normalized spacial score (nSPS) is 16.7. The molecule has 1 heterocycles. The third kappa shape index (κ3) is 5.13. The van der Waals surface area contributed by atoms with E-state index in [0.717, 1.165) is 11.3 Å². The van der Waals surface area contributed by atoms with Crippen molar-refractivity contribution in [1.29, 1.82) is 0 Å². The first-order valence-electron chi connectivity index (χ1n) is 11.9. The van der Waals surface area contributed by atoms with Gasteiger partial charge in [-0.25, -0.2) is 0 Å². The molecule has 0 bridgehead atoms. The number of benzene rings is 3. The van der Waals surface area contributed by atoms with Crippen LogP contribution in [0.1, 0.15) is 29.7 Å². The van der Waals surface area contributed by atoms with Crippen molar-refractivity contribution in [2.24, 2.45) is 0 Å². The first kappa shape index (κ1) is 26.1. The van der Waals surface area contributed by atoms with E-state index in [1.54, 1.807) is 31.4 Å². The molecule has 1 unspecified atom stereocenters. The number of halogens is 1. The first-order chi connectivity index (χ1) is 17.8. The summed E-state index contributed by atoms with van der Waals surface area (Å²) < 4.78 is 11.0. The lowest BCUT2D eigenvalue weighted by molar-refractivity contribution is -0.140. The molecule has 1 N–H and O–H groups in total. The fourth-order valence-corrected chi connectivity index (χ4v) is 4.61. The lowest BCUT2D eigenvalue weighted by atomic mass is 9.94. The maximum atomic E-state index is 13.4. The van der Waals surface area contributed by atoms with E-state index in [9.17, 15) is 14.7 Å². The number of Topliss-reactive ketones (excluding diaryl/α,β-unsaturated/α-hetero) is 1. The highest BCUT2D eigenvalue weighted by Gasteiger charge is 2.46. The molecule has 0 aliphatic carbocycles. The second-order valence-electron chi connectivity index (χ2n) is 8.80. The van der Waals surface area contributed by atoms with Crippen LogP contribution < -0.4 is 14.4 Å². The Balaban J connectivity index is 1.87. The molecule has 0 spiro atoms. The van der Waals surface area contributed by atoms with Crippen LogP contribution in [-0.4, -0.2) is 49.5 Å². The van der Waals surface area contributed by atoms with E-state index in [2.05, 4.69) is 0 Å². The SMILES string of the molecule is CCOc1cc(/C(O)=C2/C(=O)C(=O)N(Cc3ccccc3OC)C2c2ccc(N(C)C)cc2)ccc1Cl. The number of carbonyl (C=O) groups excluding carboxylic acids is 2. The van der Waals surface area contributed by atoms with Crippen LogP contribution in [0.3, 0.4) is 0 Å². The maximum Gasteiger partial charge on any atom is 0.295 e. The topological polar surface area (TPSA) is 79.3 Å². The Morgan fingerprint density at radius 1 is 1.03 bits per heavy atom. The molecule has 1 fully saturated rings. The highest BCUT2D eigenvalue weighted by atomic mass is 35.5. The number of ether oxygens (including phenoxy) is 2. The molecule has 7 nitrogen and oxygen atoms in total. The molecule has 37 heavy (non-hydrogen) atoms. The minimum Gasteiger partial charge on any atom is -0.507 e. The number of nitrogens with zero attached hydrogens (tertiary/aromatic N) is 2. The molecule has 8 heteroatoms. The van der Waals surface area contributed by atoms with Gasteiger partial charge in [0.25, 0.3) is 11.7 Å². The number of amides is 1. The molecule has 192 valence electrons. The molecular formula is C29H29ClN2O5. The molecule has 1 atom stereocenters. The molecule has 1 amide bonds. The zero-order valence-electron chi connectivity index (χ0n) is 21.2. The van der Waals surface area contributed by atoms with Crippen molar-refractivity contribution in [2.45, 2.75) is 19.5 Å². The summed E-state index contributed by atoms with van der Waals surface area (Å²) in [7, 11) is 5.42. The molecule has 1 saturated heterocycles. The number of carbonyl (C=O) groups is 2. The van der Waals surface area contributed by atoms with Crippen LogP contribution in [0.4, 0.5) is 5.69 Å². The Morgan fingerprint density at radius 2 is 1.73 bits per heavy atom. The predicted octanol–water partition coefficient (Wildman–Crippen LogP) is 5.44. The highest BCUT2D eigenvalue weighted by molar-refractivity contribution is 6.46. The number of aliphatic hydroxyl groups is 1. The second kappa shape index (κ2) is 11.0. The summed E-state index contributed by atoms with van der Waals surface area (Å²) in [5.74, 6) is -0.774. The van der Waals surface area contributed by atoms with Gasteiger partial charge in [0.1, 0.15) is 17.3 Å². The zero-order valence-corrected chi connectivity index (χ0v) is 22.0. The van der Waals surface area contributed by atoms with Crippen LogP contribution in [0, 0.1) is 0 Å². The van der Waals surface area contributed by atoms with Crippen molar-refractivity contribution in [2.75, 3.05) is 32.7 Å². The van der Waals surface area contributed by atoms with Crippen molar-refractivity contribution in [3.05, 3.63) is 94.0 Å². The largest absolute Gasteiger partial charge is 0.507 e. The monoisotopic (exact) mass is 520 g/mol. The van der Waals surface area contributed by atoms with Gasteiger partial charge in [0.05, 0.1) is 36.9 Å². The average molecular weight is 521 g/mol. The lowest BCUT2D eigenvalue weighted by Gasteiger charge is -2.26. The van der Waals surface area contributed by atoms with Crippen LogP contribution in [-0.2, 0) is 16.1 Å². The van der Waals surface area contributed by atoms with Crippen LogP contribution in [0.2, 0.25) is 5.02 Å². The molecule has 3 aromatic rings. The number of ketones is 1. The van der Waals surface area contributed by atoms with E-state index < -0.39 is 17.7 Å². The van der Waals surface area contributed by atoms with Gasteiger partial charge in [0.2, 0.25) is 0 Å². The second-order valence-corrected chi connectivity index (χ2v) is 9.21. The summed E-state index contributed by atoms with van der Waals surface area (Å²) in [5, 5.41) is 11.8. The Bertz CT molecular complexity index is 1350. The molecular weight excluding hydrogens is 492 g/mol. The standard InChI is InChI=1S/C29H29ClN2O5/c1-5-37-24-16-19(12-15-22(24)30)27(33)25-26(18-10-13-21(14-11-18)31(2)3)32(29(35)28(25)34)17-20-8-6-7-9-23(20)36-4/h6-16,26,33H,5,17H2,1-4H3/b27-25-. The maximum absolute atomic E-state index is 13.4. The van der Waals surface area contributed by atoms with Gasteiger partial charge in [0, 0.05) is 30.9 Å². The highest BCUT2D eigenvalue weighted by Crippen LogP contribution is 2.42. The van der Waals surface area contributed by atoms with E-state index >= 15 is 0 Å². The zero-order chi connectivity index (χ0) is 26.7. The van der Waals surface area contributed by atoms with E-state index in [4.69, 9.17) is 21.1 Å². The number of anilines is 1. The summed E-state index contributed by atoms with van der Waals surface area (Å²) in [6.07, 6.45) is 0. The van der Waals surface area contributed by atoms with Gasteiger partial charge in [-0.15, -0.1) is 0 Å². The van der Waals surface area contributed by atoms with E-state index in [-0.39, 0.29) is 17.9 Å². The van der Waals surface area contributed by atoms with Crippen LogP contribution in [0.25, 0.3) is 5.76 Å². The number of hydrogen-bond acceptors (Lipinski definition) is 6. The third-order valence-corrected chi connectivity index (χ3v) is 6.62. The molecule has 0 radical (unpaired) electrons. The van der Waals surface area contributed by atoms with E-state index in [1.165, 1.54) is 4.90 Å². The number of hydrogen-bond donors (Lipinski definition) is 1. The third-order valence-electron chi connectivity index (χ3n) is 6.30. The van der Waals surface area contributed by atoms with Crippen molar-refractivity contribution >= 4 is 34.7 Å². The molecule has 4 rings (SSSR count). The first-order valence-corrected chi connectivity index (χ1v) is 12.2. The Hall–Kier alpha value is -3.97. The molecule has 3 aromatic carbocycles. The number of likely N-dealkylation sites (tertiary alicyclic amines) is 1. The summed E-state index contributed by atoms with van der Waals surface area (Å²) >= 11 is 6.23. The minimum absolute atomic E-state index is 0.00210. The molecule has 0 aromatic heterocycles. The van der Waals surface area contributed by atoms with Crippen LogP contribution >= 0.6 is 11.6 Å². The van der Waals surface area contributed by atoms with Crippen molar-refractivity contribution in [3.8, 4) is 11.5 Å². The number of aliphatic hydroxyl groups excluding tert-OH is 1. The van der Waals surface area contributed by atoms with Crippen LogP contribution in [0.5, 0.6) is 11.5 Å². The average Bonchev–Trinajstić information content (AvgIpc) is 3.15. The predicted molar refractivity (Wildman–Crippen MR) is 144 cm³/mol.